The number of fused-ring (bicyclic) bond motifs is 19. The molecular formula is C74H52N2O2S. The molecule has 3 atom stereocenters. The minimum Gasteiger partial charge on any atom is -0.456 e. The lowest BCUT2D eigenvalue weighted by molar-refractivity contribution is 0.365. The second kappa shape index (κ2) is 16.7. The first-order valence-corrected chi connectivity index (χ1v) is 28.6. The number of thioether (sulfide) groups is 1. The minimum absolute atomic E-state index is 0.191. The minimum atomic E-state index is -0.284. The maximum absolute atomic E-state index is 6.42. The lowest BCUT2D eigenvalue weighted by atomic mass is 9.58. The number of nitrogens with zero attached hydrogens (tertiary/aromatic N) is 2. The number of hydrogen-bond donors (Lipinski definition) is 0. The Balaban J connectivity index is 0.801. The molecule has 17 rings (SSSR count). The molecule has 0 spiro atoms. The molecule has 0 saturated heterocycles. The van der Waals surface area contributed by atoms with Crippen LogP contribution >= 0.6 is 11.8 Å². The van der Waals surface area contributed by atoms with Gasteiger partial charge in [-0.1, -0.05) is 183 Å². The number of anilines is 4. The molecule has 3 unspecified atom stereocenters. The van der Waals surface area contributed by atoms with Crippen molar-refractivity contribution >= 4 is 127 Å². The molecule has 4 nitrogen and oxygen atoms in total. The number of furan rings is 2. The Hall–Kier alpha value is -9.03. The van der Waals surface area contributed by atoms with Crippen molar-refractivity contribution in [2.75, 3.05) is 9.80 Å². The fourth-order valence-corrected chi connectivity index (χ4v) is 16.2. The third-order valence-corrected chi connectivity index (χ3v) is 19.8. The first-order valence-electron chi connectivity index (χ1n) is 27.8. The van der Waals surface area contributed by atoms with Gasteiger partial charge < -0.3 is 18.6 Å². The highest BCUT2D eigenvalue weighted by molar-refractivity contribution is 8.07. The normalized spacial score (nSPS) is 19.7. The van der Waals surface area contributed by atoms with E-state index in [0.717, 1.165) is 85.9 Å². The van der Waals surface area contributed by atoms with Crippen LogP contribution in [0.15, 0.2) is 267 Å². The largest absolute Gasteiger partial charge is 0.456 e. The third kappa shape index (κ3) is 6.63. The summed E-state index contributed by atoms with van der Waals surface area (Å²) in [5, 5.41) is 14.5. The Labute approximate surface area is 461 Å². The molecule has 0 amide bonds. The molecule has 0 radical (unpaired) electrons. The lowest BCUT2D eigenvalue weighted by Crippen LogP contribution is -2.40. The summed E-state index contributed by atoms with van der Waals surface area (Å²) in [6.07, 6.45) is 10.5. The van der Waals surface area contributed by atoms with Crippen LogP contribution in [0.5, 0.6) is 0 Å². The van der Waals surface area contributed by atoms with Crippen molar-refractivity contribution < 1.29 is 8.83 Å². The van der Waals surface area contributed by atoms with Gasteiger partial charge >= 0.3 is 0 Å². The van der Waals surface area contributed by atoms with Gasteiger partial charge in [0.05, 0.1) is 0 Å². The van der Waals surface area contributed by atoms with Gasteiger partial charge in [0.25, 0.3) is 0 Å². The van der Waals surface area contributed by atoms with Gasteiger partial charge in [0.15, 0.2) is 0 Å². The summed E-state index contributed by atoms with van der Waals surface area (Å²) in [6, 6.07) is 80.4. The molecule has 0 fully saturated rings. The molecule has 4 aliphatic rings. The SMILES string of the molecule is CC12CC=C(N(c3ccc4ccc5ccccc5c4c3)c3ccc4oc5ccccc5c4c3)C=C1SC1=C2c2ccccc2C2(C)C=C(N(c3ccc4ccc5ccccc5c4c3)c3ccc4oc5ccccc5c4c3)CCC12. The molecular weight excluding hydrogens is 981 g/mol. The second-order valence-electron chi connectivity index (χ2n) is 22.7. The van der Waals surface area contributed by atoms with E-state index in [9.17, 15) is 0 Å². The highest BCUT2D eigenvalue weighted by Crippen LogP contribution is 2.69. The van der Waals surface area contributed by atoms with E-state index < -0.39 is 0 Å². The predicted molar refractivity (Wildman–Crippen MR) is 333 cm³/mol. The van der Waals surface area contributed by atoms with Gasteiger partial charge in [-0.15, -0.1) is 0 Å². The van der Waals surface area contributed by atoms with Gasteiger partial charge in [0, 0.05) is 77.3 Å². The van der Waals surface area contributed by atoms with E-state index in [1.807, 2.05) is 0 Å². The monoisotopic (exact) mass is 1030 g/mol. The Morgan fingerprint density at radius 1 is 0.456 bits per heavy atom. The van der Waals surface area contributed by atoms with E-state index in [1.54, 1.807) is 0 Å². The molecule has 0 bridgehead atoms. The smallest absolute Gasteiger partial charge is 0.135 e. The maximum atomic E-state index is 6.42. The number of para-hydroxylation sites is 2. The molecule has 13 aromatic rings. The van der Waals surface area contributed by atoms with Crippen LogP contribution in [0.3, 0.4) is 0 Å². The molecule has 1 aliphatic heterocycles. The van der Waals surface area contributed by atoms with Gasteiger partial charge in [0.2, 0.25) is 0 Å². The van der Waals surface area contributed by atoms with Crippen LogP contribution in [-0.4, -0.2) is 0 Å². The predicted octanol–water partition coefficient (Wildman–Crippen LogP) is 21.0. The maximum Gasteiger partial charge on any atom is 0.135 e. The fraction of sp³-hybridized carbons (Fsp3) is 0.108. The van der Waals surface area contributed by atoms with Crippen LogP contribution in [-0.2, 0) is 5.41 Å². The third-order valence-electron chi connectivity index (χ3n) is 18.3. The quantitative estimate of drug-likeness (QED) is 0.155. The Morgan fingerprint density at radius 2 is 0.924 bits per heavy atom. The van der Waals surface area contributed by atoms with Crippen molar-refractivity contribution in [3.05, 3.63) is 269 Å². The van der Waals surface area contributed by atoms with Crippen molar-refractivity contribution in [3.63, 3.8) is 0 Å². The first kappa shape index (κ1) is 45.0. The summed E-state index contributed by atoms with van der Waals surface area (Å²) in [6.45, 7) is 5.05. The zero-order valence-electron chi connectivity index (χ0n) is 43.8. The molecule has 5 heteroatoms. The highest BCUT2D eigenvalue weighted by Gasteiger charge is 2.54. The average Bonchev–Trinajstić information content (AvgIpc) is 3.87. The highest BCUT2D eigenvalue weighted by atomic mass is 32.2. The summed E-state index contributed by atoms with van der Waals surface area (Å²) in [5.41, 5.74) is 14.5. The van der Waals surface area contributed by atoms with Crippen LogP contribution in [0.4, 0.5) is 22.7 Å². The fourth-order valence-electron chi connectivity index (χ4n) is 14.4. The van der Waals surface area contributed by atoms with Gasteiger partial charge in [0.1, 0.15) is 22.3 Å². The second-order valence-corrected chi connectivity index (χ2v) is 23.8. The van der Waals surface area contributed by atoms with Gasteiger partial charge in [-0.25, -0.2) is 0 Å². The van der Waals surface area contributed by atoms with Crippen LogP contribution in [0.1, 0.15) is 44.2 Å². The molecule has 79 heavy (non-hydrogen) atoms. The number of allylic oxidation sites excluding steroid dienone is 7. The van der Waals surface area contributed by atoms with E-state index in [1.165, 1.54) is 81.0 Å². The molecule has 0 N–H and O–H groups in total. The van der Waals surface area contributed by atoms with Crippen LogP contribution in [0, 0.1) is 11.3 Å². The first-order chi connectivity index (χ1) is 38.8. The number of hydrogen-bond acceptors (Lipinski definition) is 5. The zero-order chi connectivity index (χ0) is 52.1. The summed E-state index contributed by atoms with van der Waals surface area (Å²) < 4.78 is 12.8. The molecule has 376 valence electrons. The van der Waals surface area contributed by atoms with Crippen LogP contribution in [0.2, 0.25) is 0 Å². The van der Waals surface area contributed by atoms with E-state index >= 15 is 0 Å². The summed E-state index contributed by atoms with van der Waals surface area (Å²) in [7, 11) is 0. The zero-order valence-corrected chi connectivity index (χ0v) is 44.7. The van der Waals surface area contributed by atoms with E-state index in [4.69, 9.17) is 8.83 Å². The van der Waals surface area contributed by atoms with E-state index in [2.05, 4.69) is 272 Å². The van der Waals surface area contributed by atoms with Crippen molar-refractivity contribution in [2.45, 2.75) is 38.5 Å². The number of rotatable bonds is 6. The summed E-state index contributed by atoms with van der Waals surface area (Å²) >= 11 is 2.06. The van der Waals surface area contributed by atoms with Crippen LogP contribution in [0.25, 0.3) is 92.5 Å². The van der Waals surface area contributed by atoms with Gasteiger partial charge in [-0.2, -0.15) is 0 Å². The lowest BCUT2D eigenvalue weighted by Gasteiger charge is -2.47. The standard InChI is InChI=1S/C74H52N2O2S/c1-73-38-37-53(75(51-32-35-68-62(41-51)57-17-8-11-21-66(57)77-68)49-29-27-47-25-23-45-13-3-5-15-55(45)60(47)39-49)43-70(73)79-72-65-34-31-54(44-74(65,2)64-20-10-7-19-59(64)71(72)73)76(52-33-36-69-63(42-52)58-18-9-12-22-67(58)78-69)50-30-28-48-26-24-46-14-4-6-16-56(46)61(48)40-50/h3-30,32-33,35-37,39-44,65H,31,34,38H2,1-2H3. The van der Waals surface area contributed by atoms with Crippen molar-refractivity contribution in [3.8, 4) is 0 Å². The Kier molecular flexibility index (Phi) is 9.54. The van der Waals surface area contributed by atoms with E-state index in [-0.39, 0.29) is 10.8 Å². The molecule has 11 aromatic carbocycles. The number of benzene rings is 11. The Morgan fingerprint density at radius 3 is 1.53 bits per heavy atom. The van der Waals surface area contributed by atoms with Crippen molar-refractivity contribution in [1.82, 2.24) is 0 Å². The summed E-state index contributed by atoms with van der Waals surface area (Å²) in [4.78, 5) is 8.01. The molecule has 2 aromatic heterocycles. The molecule has 0 saturated carbocycles. The van der Waals surface area contributed by atoms with E-state index in [0.29, 0.717) is 5.92 Å². The summed E-state index contributed by atoms with van der Waals surface area (Å²) in [5.74, 6) is 0.294. The molecule has 3 aliphatic carbocycles. The van der Waals surface area contributed by atoms with Crippen LogP contribution < -0.4 is 9.80 Å². The average molecular weight is 1030 g/mol. The topological polar surface area (TPSA) is 32.8 Å². The van der Waals surface area contributed by atoms with Crippen molar-refractivity contribution in [2.24, 2.45) is 11.3 Å². The molecule has 3 heterocycles. The Bertz CT molecular complexity index is 4930. The van der Waals surface area contributed by atoms with Gasteiger partial charge in [-0.05, 0) is 163 Å². The van der Waals surface area contributed by atoms with Crippen molar-refractivity contribution in [1.29, 1.82) is 0 Å². The van der Waals surface area contributed by atoms with Gasteiger partial charge in [-0.3, -0.25) is 0 Å².